The number of anilines is 1. The van der Waals surface area contributed by atoms with Crippen LogP contribution in [0, 0.1) is 0 Å². The van der Waals surface area contributed by atoms with E-state index in [-0.39, 0.29) is 48.2 Å². The Morgan fingerprint density at radius 1 is 1.34 bits per heavy atom. The van der Waals surface area contributed by atoms with Gasteiger partial charge in [-0.1, -0.05) is 12.1 Å². The van der Waals surface area contributed by atoms with Crippen molar-refractivity contribution in [3.63, 3.8) is 0 Å². The summed E-state index contributed by atoms with van der Waals surface area (Å²) < 4.78 is 34.7. The summed E-state index contributed by atoms with van der Waals surface area (Å²) >= 11 is 0. The van der Waals surface area contributed by atoms with Crippen LogP contribution in [0.5, 0.6) is 5.75 Å². The van der Waals surface area contributed by atoms with Crippen molar-refractivity contribution in [1.29, 1.82) is 0 Å². The fourth-order valence-corrected chi connectivity index (χ4v) is 2.92. The van der Waals surface area contributed by atoms with Crippen LogP contribution in [0.15, 0.2) is 29.3 Å². The third kappa shape index (κ3) is 8.56. The first-order chi connectivity index (χ1) is 13.5. The molecule has 0 aromatic heterocycles. The van der Waals surface area contributed by atoms with Crippen molar-refractivity contribution in [1.82, 2.24) is 16.0 Å². The number of carbonyl (C=O) groups excluding carboxylic acids is 1. The van der Waals surface area contributed by atoms with Crippen LogP contribution in [-0.4, -0.2) is 71.5 Å². The summed E-state index contributed by atoms with van der Waals surface area (Å²) in [6.45, 7) is -0.588. The normalized spacial score (nSPS) is 16.4. The number of ether oxygens (including phenoxy) is 2. The van der Waals surface area contributed by atoms with Crippen molar-refractivity contribution in [3.05, 3.63) is 24.3 Å². The third-order valence-electron chi connectivity index (χ3n) is 4.22. The van der Waals surface area contributed by atoms with Gasteiger partial charge < -0.3 is 30.3 Å². The van der Waals surface area contributed by atoms with Crippen molar-refractivity contribution >= 4 is 41.5 Å². The Hall–Kier alpha value is -1.89. The van der Waals surface area contributed by atoms with Gasteiger partial charge in [-0.3, -0.25) is 9.79 Å². The molecule has 29 heavy (non-hydrogen) atoms. The number of para-hydroxylation sites is 2. The van der Waals surface area contributed by atoms with Crippen LogP contribution in [0.3, 0.4) is 0 Å². The fraction of sp³-hybridized carbons (Fsp3) is 0.556. The summed E-state index contributed by atoms with van der Waals surface area (Å²) in [6.07, 6.45) is 0.795. The highest BCUT2D eigenvalue weighted by molar-refractivity contribution is 14.0. The lowest BCUT2D eigenvalue weighted by atomic mass is 10.2. The van der Waals surface area contributed by atoms with Crippen molar-refractivity contribution in [3.8, 4) is 5.75 Å². The van der Waals surface area contributed by atoms with Crippen LogP contribution in [-0.2, 0) is 9.53 Å². The van der Waals surface area contributed by atoms with Crippen LogP contribution < -0.4 is 25.6 Å². The van der Waals surface area contributed by atoms with Crippen LogP contribution in [0.2, 0.25) is 0 Å². The Bertz CT molecular complexity index is 666. The Morgan fingerprint density at radius 3 is 2.79 bits per heavy atom. The summed E-state index contributed by atoms with van der Waals surface area (Å²) in [5, 5.41) is 8.92. The number of halogens is 3. The number of amides is 1. The molecule has 3 N–H and O–H groups in total. The number of nitrogens with one attached hydrogen (secondary N) is 3. The third-order valence-corrected chi connectivity index (χ3v) is 4.22. The predicted molar refractivity (Wildman–Crippen MR) is 118 cm³/mol. The van der Waals surface area contributed by atoms with E-state index in [4.69, 9.17) is 4.74 Å². The highest BCUT2D eigenvalue weighted by atomic mass is 127. The van der Waals surface area contributed by atoms with E-state index in [2.05, 4.69) is 25.7 Å². The highest BCUT2D eigenvalue weighted by Gasteiger charge is 2.26. The van der Waals surface area contributed by atoms with Crippen molar-refractivity contribution in [2.45, 2.75) is 19.1 Å². The molecule has 2 rings (SSSR count). The topological polar surface area (TPSA) is 87.2 Å². The standard InChI is InChI=1S/C18H27F2N5O3.HI/c1-21-18(23-11-16(26)22-8-10-27-2)24-13-7-9-25(12-13)14-5-3-4-6-15(14)28-17(19)20;/h3-6,13,17H,7-12H2,1-2H3,(H,22,26)(H2,21,23,24);1H. The lowest BCUT2D eigenvalue weighted by Crippen LogP contribution is -2.47. The minimum atomic E-state index is -2.87. The van der Waals surface area contributed by atoms with E-state index >= 15 is 0 Å². The Kier molecular flexibility index (Phi) is 11.6. The maximum atomic E-state index is 12.6. The van der Waals surface area contributed by atoms with Gasteiger partial charge in [0.15, 0.2) is 5.96 Å². The second kappa shape index (κ2) is 13.4. The molecule has 1 aliphatic heterocycles. The lowest BCUT2D eigenvalue weighted by Gasteiger charge is -2.22. The van der Waals surface area contributed by atoms with Crippen LogP contribution in [0.4, 0.5) is 14.5 Å². The van der Waals surface area contributed by atoms with E-state index in [0.29, 0.717) is 37.9 Å². The molecular weight excluding hydrogens is 499 g/mol. The minimum absolute atomic E-state index is 0. The van der Waals surface area contributed by atoms with E-state index in [9.17, 15) is 13.6 Å². The molecule has 0 spiro atoms. The summed E-state index contributed by atoms with van der Waals surface area (Å²) in [7, 11) is 3.19. The molecule has 0 saturated carbocycles. The largest absolute Gasteiger partial charge is 0.433 e. The number of nitrogens with zero attached hydrogens (tertiary/aromatic N) is 2. The van der Waals surface area contributed by atoms with Gasteiger partial charge in [0.2, 0.25) is 5.91 Å². The monoisotopic (exact) mass is 527 g/mol. The molecule has 8 nitrogen and oxygen atoms in total. The number of carbonyl (C=O) groups is 1. The van der Waals surface area contributed by atoms with Crippen molar-refractivity contribution < 1.29 is 23.0 Å². The van der Waals surface area contributed by atoms with E-state index in [1.165, 1.54) is 6.07 Å². The van der Waals surface area contributed by atoms with Gasteiger partial charge in [-0.25, -0.2) is 0 Å². The number of benzene rings is 1. The number of hydrogen-bond acceptors (Lipinski definition) is 5. The molecule has 11 heteroatoms. The fourth-order valence-electron chi connectivity index (χ4n) is 2.92. The molecule has 0 bridgehead atoms. The highest BCUT2D eigenvalue weighted by Crippen LogP contribution is 2.31. The molecular formula is C18H28F2IN5O3. The smallest absolute Gasteiger partial charge is 0.387 e. The lowest BCUT2D eigenvalue weighted by molar-refractivity contribution is -0.120. The molecule has 0 radical (unpaired) electrons. The molecule has 1 atom stereocenters. The SMILES string of the molecule is CN=C(NCC(=O)NCCOC)NC1CCN(c2ccccc2OC(F)F)C1.I. The predicted octanol–water partition coefficient (Wildman–Crippen LogP) is 1.41. The molecule has 1 aromatic carbocycles. The average molecular weight is 527 g/mol. The first kappa shape index (κ1) is 25.1. The van der Waals surface area contributed by atoms with Crippen LogP contribution in [0.25, 0.3) is 0 Å². The number of aliphatic imine (C=N–C) groups is 1. The van der Waals surface area contributed by atoms with Crippen molar-refractivity contribution in [2.24, 2.45) is 4.99 Å². The first-order valence-electron chi connectivity index (χ1n) is 9.05. The molecule has 1 amide bonds. The maximum absolute atomic E-state index is 12.6. The van der Waals surface area contributed by atoms with Crippen molar-refractivity contribution in [2.75, 3.05) is 51.8 Å². The zero-order chi connectivity index (χ0) is 20.4. The molecule has 1 saturated heterocycles. The quantitative estimate of drug-likeness (QED) is 0.195. The van der Waals surface area contributed by atoms with Gasteiger partial charge in [0.05, 0.1) is 18.8 Å². The Morgan fingerprint density at radius 2 is 2.10 bits per heavy atom. The minimum Gasteiger partial charge on any atom is -0.433 e. The van der Waals surface area contributed by atoms with Gasteiger partial charge in [0, 0.05) is 39.8 Å². The summed E-state index contributed by atoms with van der Waals surface area (Å²) in [5.74, 6) is 0.505. The van der Waals surface area contributed by atoms with Gasteiger partial charge in [0.25, 0.3) is 0 Å². The molecule has 0 aliphatic carbocycles. The Balaban J connectivity index is 0.00000420. The van der Waals surface area contributed by atoms with Gasteiger partial charge in [-0.15, -0.1) is 24.0 Å². The number of rotatable bonds is 9. The van der Waals surface area contributed by atoms with Gasteiger partial charge >= 0.3 is 6.61 Å². The number of guanidine groups is 1. The van der Waals surface area contributed by atoms with E-state index in [0.717, 1.165) is 6.42 Å². The summed E-state index contributed by atoms with van der Waals surface area (Å²) in [5.41, 5.74) is 0.632. The first-order valence-corrected chi connectivity index (χ1v) is 9.05. The van der Waals surface area contributed by atoms with Gasteiger partial charge in [-0.05, 0) is 18.6 Å². The molecule has 1 heterocycles. The summed E-state index contributed by atoms with van der Waals surface area (Å²) in [6, 6.07) is 6.80. The van der Waals surface area contributed by atoms with E-state index in [1.807, 2.05) is 4.90 Å². The number of hydrogen-bond donors (Lipinski definition) is 3. The maximum Gasteiger partial charge on any atom is 0.387 e. The number of alkyl halides is 2. The second-order valence-electron chi connectivity index (χ2n) is 6.19. The Labute approximate surface area is 186 Å². The van der Waals surface area contributed by atoms with Crippen LogP contribution in [0.1, 0.15) is 6.42 Å². The molecule has 164 valence electrons. The van der Waals surface area contributed by atoms with E-state index in [1.54, 1.807) is 32.4 Å². The molecule has 1 aromatic rings. The summed E-state index contributed by atoms with van der Waals surface area (Å²) in [4.78, 5) is 17.9. The zero-order valence-electron chi connectivity index (χ0n) is 16.5. The molecule has 1 unspecified atom stereocenters. The van der Waals surface area contributed by atoms with E-state index < -0.39 is 6.61 Å². The molecule has 1 fully saturated rings. The molecule has 1 aliphatic rings. The van der Waals surface area contributed by atoms with Crippen LogP contribution >= 0.6 is 24.0 Å². The zero-order valence-corrected chi connectivity index (χ0v) is 18.8. The second-order valence-corrected chi connectivity index (χ2v) is 6.19. The van der Waals surface area contributed by atoms with Gasteiger partial charge in [0.1, 0.15) is 5.75 Å². The number of methoxy groups -OCH3 is 1. The van der Waals surface area contributed by atoms with Gasteiger partial charge in [-0.2, -0.15) is 8.78 Å². The average Bonchev–Trinajstić information content (AvgIpc) is 3.13.